The minimum absolute atomic E-state index is 0.134. The van der Waals surface area contributed by atoms with E-state index in [4.69, 9.17) is 0 Å². The summed E-state index contributed by atoms with van der Waals surface area (Å²) in [5.74, 6) is -1.12. The van der Waals surface area contributed by atoms with Crippen LogP contribution in [-0.4, -0.2) is 28.1 Å². The number of carboxylic acid groups (broad SMARTS) is 1. The smallest absolute Gasteiger partial charge is 0.326 e. The molecule has 5 nitrogen and oxygen atoms in total. The zero-order chi connectivity index (χ0) is 19.2. The number of unbranched alkanes of at least 4 members (excludes halogenated alkanes) is 8. The highest BCUT2D eigenvalue weighted by Crippen LogP contribution is 2.12. The molecule has 0 saturated heterocycles. The number of phenolic OH excluding ortho intramolecular Hbond substituents is 1. The third-order valence-electron chi connectivity index (χ3n) is 4.52. The van der Waals surface area contributed by atoms with Crippen molar-refractivity contribution in [1.82, 2.24) is 5.32 Å². The summed E-state index contributed by atoms with van der Waals surface area (Å²) >= 11 is 0. The number of benzene rings is 1. The molecule has 1 rings (SSSR count). The average molecular weight is 363 g/mol. The van der Waals surface area contributed by atoms with E-state index >= 15 is 0 Å². The molecule has 26 heavy (non-hydrogen) atoms. The molecule has 0 aromatic heterocycles. The molecule has 0 bridgehead atoms. The highest BCUT2D eigenvalue weighted by Gasteiger charge is 2.20. The van der Waals surface area contributed by atoms with E-state index in [0.29, 0.717) is 6.42 Å². The minimum Gasteiger partial charge on any atom is -0.508 e. The van der Waals surface area contributed by atoms with Crippen molar-refractivity contribution in [2.45, 2.75) is 83.6 Å². The van der Waals surface area contributed by atoms with Crippen LogP contribution in [0.15, 0.2) is 24.3 Å². The van der Waals surface area contributed by atoms with Crippen molar-refractivity contribution in [3.05, 3.63) is 29.8 Å². The number of aromatic hydroxyl groups is 1. The molecule has 0 aliphatic carbocycles. The van der Waals surface area contributed by atoms with Crippen molar-refractivity contribution >= 4 is 11.9 Å². The number of nitrogens with one attached hydrogen (secondary N) is 1. The molecule has 0 spiro atoms. The van der Waals surface area contributed by atoms with E-state index in [9.17, 15) is 19.8 Å². The number of hydrogen-bond donors (Lipinski definition) is 3. The summed E-state index contributed by atoms with van der Waals surface area (Å²) in [6, 6.07) is 5.41. The lowest BCUT2D eigenvalue weighted by Crippen LogP contribution is -2.42. The number of aliphatic carboxylic acids is 1. The molecule has 1 aromatic rings. The van der Waals surface area contributed by atoms with Gasteiger partial charge in [0.2, 0.25) is 5.91 Å². The minimum atomic E-state index is -1.04. The van der Waals surface area contributed by atoms with E-state index in [2.05, 4.69) is 12.2 Å². The number of carbonyl (C=O) groups is 2. The number of carbonyl (C=O) groups excluding carboxylic acids is 1. The Bertz CT molecular complexity index is 527. The molecule has 0 aliphatic heterocycles. The molecule has 146 valence electrons. The fourth-order valence-electron chi connectivity index (χ4n) is 2.93. The molecule has 0 aliphatic rings. The Morgan fingerprint density at radius 3 is 2.00 bits per heavy atom. The second-order valence-electron chi connectivity index (χ2n) is 6.91. The Kier molecular flexibility index (Phi) is 11.2. The lowest BCUT2D eigenvalue weighted by Gasteiger charge is -2.14. The van der Waals surface area contributed by atoms with Crippen LogP contribution in [0, 0.1) is 0 Å². The number of hydrogen-bond acceptors (Lipinski definition) is 3. The highest BCUT2D eigenvalue weighted by molar-refractivity contribution is 5.83. The van der Waals surface area contributed by atoms with Crippen molar-refractivity contribution in [3.8, 4) is 5.75 Å². The lowest BCUT2D eigenvalue weighted by molar-refractivity contribution is -0.141. The Morgan fingerprint density at radius 2 is 1.46 bits per heavy atom. The van der Waals surface area contributed by atoms with E-state index in [1.807, 2.05) is 0 Å². The summed E-state index contributed by atoms with van der Waals surface area (Å²) in [7, 11) is 0. The SMILES string of the molecule is CCCCCCCCCCCC(=O)N[C@@H](Cc1ccc(O)cc1)C(=O)O. The summed E-state index contributed by atoms with van der Waals surface area (Å²) in [5.41, 5.74) is 0.763. The quantitative estimate of drug-likeness (QED) is 0.427. The molecule has 1 atom stereocenters. The Balaban J connectivity index is 2.20. The van der Waals surface area contributed by atoms with Crippen LogP contribution in [0.5, 0.6) is 5.75 Å². The first kappa shape index (κ1) is 22.0. The van der Waals surface area contributed by atoms with Crippen LogP contribution in [0.1, 0.15) is 76.7 Å². The highest BCUT2D eigenvalue weighted by atomic mass is 16.4. The van der Waals surface area contributed by atoms with Gasteiger partial charge in [0.25, 0.3) is 0 Å². The maximum absolute atomic E-state index is 12.0. The van der Waals surface area contributed by atoms with Gasteiger partial charge in [-0.25, -0.2) is 4.79 Å². The summed E-state index contributed by atoms with van der Waals surface area (Å²) in [6.07, 6.45) is 11.2. The van der Waals surface area contributed by atoms with E-state index < -0.39 is 12.0 Å². The number of amides is 1. The molecule has 1 aromatic carbocycles. The summed E-state index contributed by atoms with van der Waals surface area (Å²) in [5, 5.41) is 21.2. The largest absolute Gasteiger partial charge is 0.508 e. The third-order valence-corrected chi connectivity index (χ3v) is 4.52. The maximum Gasteiger partial charge on any atom is 0.326 e. The van der Waals surface area contributed by atoms with Crippen molar-refractivity contribution in [3.63, 3.8) is 0 Å². The fourth-order valence-corrected chi connectivity index (χ4v) is 2.93. The maximum atomic E-state index is 12.0. The zero-order valence-electron chi connectivity index (χ0n) is 15.9. The number of carboxylic acids is 1. The Labute approximate surface area is 156 Å². The van der Waals surface area contributed by atoms with Crippen LogP contribution in [0.3, 0.4) is 0 Å². The summed E-state index contributed by atoms with van der Waals surface area (Å²) in [6.45, 7) is 2.21. The first-order valence-electron chi connectivity index (χ1n) is 9.83. The topological polar surface area (TPSA) is 86.6 Å². The van der Waals surface area contributed by atoms with Gasteiger partial charge >= 0.3 is 5.97 Å². The molecule has 0 saturated carbocycles. The van der Waals surface area contributed by atoms with E-state index in [1.54, 1.807) is 12.1 Å². The van der Waals surface area contributed by atoms with Crippen LogP contribution in [-0.2, 0) is 16.0 Å². The first-order chi connectivity index (χ1) is 12.5. The van der Waals surface area contributed by atoms with Crippen LogP contribution in [0.4, 0.5) is 0 Å². The van der Waals surface area contributed by atoms with Crippen LogP contribution < -0.4 is 5.32 Å². The summed E-state index contributed by atoms with van der Waals surface area (Å²) < 4.78 is 0. The van der Waals surface area contributed by atoms with Gasteiger partial charge in [-0.15, -0.1) is 0 Å². The normalized spacial score (nSPS) is 11.9. The van der Waals surface area contributed by atoms with Gasteiger partial charge in [-0.2, -0.15) is 0 Å². The van der Waals surface area contributed by atoms with Gasteiger partial charge in [-0.3, -0.25) is 4.79 Å². The standard InChI is InChI=1S/C21H33NO4/c1-2-3-4-5-6-7-8-9-10-11-20(24)22-19(21(25)26)16-17-12-14-18(23)15-13-17/h12-15,19,23H,2-11,16H2,1H3,(H,22,24)(H,25,26)/t19-/m0/s1. The zero-order valence-corrected chi connectivity index (χ0v) is 15.9. The fraction of sp³-hybridized carbons (Fsp3) is 0.619. The average Bonchev–Trinajstić information content (AvgIpc) is 2.61. The van der Waals surface area contributed by atoms with Gasteiger partial charge < -0.3 is 15.5 Å². The predicted octanol–water partition coefficient (Wildman–Crippen LogP) is 4.43. The number of phenols is 1. The monoisotopic (exact) mass is 363 g/mol. The van der Waals surface area contributed by atoms with Gasteiger partial charge in [0.05, 0.1) is 0 Å². The van der Waals surface area contributed by atoms with Crippen molar-refractivity contribution in [1.29, 1.82) is 0 Å². The van der Waals surface area contributed by atoms with Crippen LogP contribution in [0.2, 0.25) is 0 Å². The second-order valence-corrected chi connectivity index (χ2v) is 6.91. The third kappa shape index (κ3) is 10.1. The molecule has 0 radical (unpaired) electrons. The second kappa shape index (κ2) is 13.2. The Hall–Kier alpha value is -2.04. The van der Waals surface area contributed by atoms with E-state index in [-0.39, 0.29) is 18.1 Å². The number of rotatable bonds is 14. The van der Waals surface area contributed by atoms with Crippen molar-refractivity contribution in [2.24, 2.45) is 0 Å². The van der Waals surface area contributed by atoms with Gasteiger partial charge in [-0.1, -0.05) is 70.4 Å². The van der Waals surface area contributed by atoms with Gasteiger partial charge in [0, 0.05) is 12.8 Å². The predicted molar refractivity (Wildman–Crippen MR) is 103 cm³/mol. The molecule has 3 N–H and O–H groups in total. The summed E-state index contributed by atoms with van der Waals surface area (Å²) in [4.78, 5) is 23.4. The Morgan fingerprint density at radius 1 is 0.923 bits per heavy atom. The van der Waals surface area contributed by atoms with Gasteiger partial charge in [0.15, 0.2) is 0 Å². The molecule has 0 unspecified atom stereocenters. The molecular formula is C21H33NO4. The van der Waals surface area contributed by atoms with Gasteiger partial charge in [0.1, 0.15) is 11.8 Å². The molecular weight excluding hydrogens is 330 g/mol. The molecule has 0 heterocycles. The van der Waals surface area contributed by atoms with E-state index in [0.717, 1.165) is 24.8 Å². The van der Waals surface area contributed by atoms with Gasteiger partial charge in [-0.05, 0) is 24.1 Å². The molecule has 1 amide bonds. The van der Waals surface area contributed by atoms with Crippen LogP contribution >= 0.6 is 0 Å². The molecule has 5 heteroatoms. The van der Waals surface area contributed by atoms with Crippen molar-refractivity contribution in [2.75, 3.05) is 0 Å². The van der Waals surface area contributed by atoms with E-state index in [1.165, 1.54) is 50.7 Å². The first-order valence-corrected chi connectivity index (χ1v) is 9.83. The van der Waals surface area contributed by atoms with Crippen molar-refractivity contribution < 1.29 is 19.8 Å². The van der Waals surface area contributed by atoms with Crippen LogP contribution in [0.25, 0.3) is 0 Å². The lowest BCUT2D eigenvalue weighted by atomic mass is 10.0. The molecule has 0 fully saturated rings.